The zero-order valence-corrected chi connectivity index (χ0v) is 18.5. The summed E-state index contributed by atoms with van der Waals surface area (Å²) in [5.74, 6) is 0.129. The Kier molecular flexibility index (Phi) is 7.57. The molecule has 0 radical (unpaired) electrons. The fourth-order valence-electron chi connectivity index (χ4n) is 3.41. The summed E-state index contributed by atoms with van der Waals surface area (Å²) in [6, 6.07) is 11.2. The van der Waals surface area contributed by atoms with Gasteiger partial charge in [0.2, 0.25) is 5.91 Å². The molecule has 0 atom stereocenters. The largest absolute Gasteiger partial charge is 0.342 e. The molecule has 0 unspecified atom stereocenters. The van der Waals surface area contributed by atoms with Gasteiger partial charge in [-0.1, -0.05) is 62.0 Å². The van der Waals surface area contributed by atoms with Crippen LogP contribution in [0.1, 0.15) is 45.2 Å². The van der Waals surface area contributed by atoms with Crippen LogP contribution in [-0.2, 0) is 11.2 Å². The smallest absolute Gasteiger partial charge is 0.228 e. The predicted octanol–water partition coefficient (Wildman–Crippen LogP) is 6.28. The third kappa shape index (κ3) is 5.12. The van der Waals surface area contributed by atoms with Crippen LogP contribution < -0.4 is 0 Å². The first-order valence-electron chi connectivity index (χ1n) is 10.2. The number of amides is 1. The first-order valence-corrected chi connectivity index (χ1v) is 11.0. The van der Waals surface area contributed by atoms with Crippen molar-refractivity contribution in [1.82, 2.24) is 14.3 Å². The van der Waals surface area contributed by atoms with Gasteiger partial charge in [-0.3, -0.25) is 4.79 Å². The lowest BCUT2D eigenvalue weighted by atomic mass is 10.1. The zero-order chi connectivity index (χ0) is 20.8. The van der Waals surface area contributed by atoms with Crippen molar-refractivity contribution in [2.75, 3.05) is 13.1 Å². The maximum atomic E-state index is 13.2. The van der Waals surface area contributed by atoms with Crippen molar-refractivity contribution in [2.45, 2.75) is 46.0 Å². The molecule has 1 aromatic carbocycles. The number of nitrogens with zero attached hydrogens (tertiary/aromatic N) is 3. The topological polar surface area (TPSA) is 37.6 Å². The highest BCUT2D eigenvalue weighted by molar-refractivity contribution is 6.33. The monoisotopic (exact) mass is 431 g/mol. The van der Waals surface area contributed by atoms with Gasteiger partial charge in [0.1, 0.15) is 0 Å². The van der Waals surface area contributed by atoms with Gasteiger partial charge in [-0.2, -0.15) is 0 Å². The Morgan fingerprint density at radius 2 is 1.69 bits per heavy atom. The van der Waals surface area contributed by atoms with E-state index in [4.69, 9.17) is 28.2 Å². The van der Waals surface area contributed by atoms with Gasteiger partial charge in [0.25, 0.3) is 0 Å². The lowest BCUT2D eigenvalue weighted by Crippen LogP contribution is -2.34. The van der Waals surface area contributed by atoms with Gasteiger partial charge < -0.3 is 9.30 Å². The van der Waals surface area contributed by atoms with Crippen LogP contribution in [0.15, 0.2) is 42.6 Å². The summed E-state index contributed by atoms with van der Waals surface area (Å²) in [6.45, 7) is 5.88. The van der Waals surface area contributed by atoms with E-state index in [9.17, 15) is 4.79 Å². The molecule has 0 bridgehead atoms. The van der Waals surface area contributed by atoms with Crippen molar-refractivity contribution < 1.29 is 4.79 Å². The molecule has 0 aliphatic rings. The van der Waals surface area contributed by atoms with Gasteiger partial charge in [0.05, 0.1) is 22.8 Å². The Morgan fingerprint density at radius 1 is 1.03 bits per heavy atom. The molecule has 2 heterocycles. The van der Waals surface area contributed by atoms with E-state index >= 15 is 0 Å². The van der Waals surface area contributed by atoms with Crippen molar-refractivity contribution >= 4 is 34.8 Å². The van der Waals surface area contributed by atoms with Gasteiger partial charge in [-0.05, 0) is 37.1 Å². The quantitative estimate of drug-likeness (QED) is 0.399. The number of fused-ring (bicyclic) bond motifs is 1. The van der Waals surface area contributed by atoms with Crippen molar-refractivity contribution in [3.8, 4) is 11.3 Å². The molecule has 154 valence electrons. The summed E-state index contributed by atoms with van der Waals surface area (Å²) in [7, 11) is 0. The molecule has 3 aromatic rings. The zero-order valence-electron chi connectivity index (χ0n) is 17.0. The fourth-order valence-corrected chi connectivity index (χ4v) is 3.74. The van der Waals surface area contributed by atoms with Crippen LogP contribution in [0.2, 0.25) is 10.0 Å². The van der Waals surface area contributed by atoms with Gasteiger partial charge in [-0.25, -0.2) is 4.98 Å². The number of carbonyl (C=O) groups excluding carboxylic acids is 1. The molecule has 29 heavy (non-hydrogen) atoms. The van der Waals surface area contributed by atoms with Gasteiger partial charge in [0, 0.05) is 29.9 Å². The Morgan fingerprint density at radius 3 is 2.31 bits per heavy atom. The maximum absolute atomic E-state index is 13.2. The normalized spacial score (nSPS) is 11.2. The second-order valence-electron chi connectivity index (χ2n) is 7.23. The predicted molar refractivity (Wildman–Crippen MR) is 121 cm³/mol. The summed E-state index contributed by atoms with van der Waals surface area (Å²) in [5, 5.41) is 1.23. The summed E-state index contributed by atoms with van der Waals surface area (Å²) in [4.78, 5) is 20.0. The van der Waals surface area contributed by atoms with Crippen molar-refractivity contribution in [2.24, 2.45) is 0 Å². The molecule has 0 aliphatic heterocycles. The van der Waals surface area contributed by atoms with Crippen LogP contribution in [-0.4, -0.2) is 33.3 Å². The number of hydrogen-bond donors (Lipinski definition) is 0. The number of imidazole rings is 1. The molecule has 3 rings (SSSR count). The highest BCUT2D eigenvalue weighted by Crippen LogP contribution is 2.29. The first kappa shape index (κ1) is 21.7. The van der Waals surface area contributed by atoms with E-state index in [0.29, 0.717) is 15.7 Å². The van der Waals surface area contributed by atoms with E-state index < -0.39 is 0 Å². The number of rotatable bonds is 9. The van der Waals surface area contributed by atoms with E-state index in [1.807, 2.05) is 51.9 Å². The number of carbonyl (C=O) groups is 1. The van der Waals surface area contributed by atoms with E-state index in [2.05, 4.69) is 13.8 Å². The minimum atomic E-state index is 0.129. The van der Waals surface area contributed by atoms with Gasteiger partial charge in [0.15, 0.2) is 5.65 Å². The molecule has 4 nitrogen and oxygen atoms in total. The van der Waals surface area contributed by atoms with E-state index in [-0.39, 0.29) is 12.3 Å². The Balaban J connectivity index is 2.00. The number of unbranched alkanes of at least 4 members (excludes halogenated alkanes) is 2. The molecule has 0 saturated carbocycles. The van der Waals surface area contributed by atoms with Crippen molar-refractivity contribution in [3.63, 3.8) is 0 Å². The standard InChI is InChI=1S/C23H27Cl2N3O/c1-3-5-13-27(14-6-4-2)21(29)16-20-22(17-9-11-18(24)12-10-17)26-23-19(25)8-7-15-28(20)23/h7-12,15H,3-6,13-14,16H2,1-2H3. The number of benzene rings is 1. The summed E-state index contributed by atoms with van der Waals surface area (Å²) in [6.07, 6.45) is 6.36. The Bertz CT molecular complexity index is 958. The number of hydrogen-bond acceptors (Lipinski definition) is 2. The molecular weight excluding hydrogens is 405 g/mol. The molecular formula is C23H27Cl2N3O. The summed E-state index contributed by atoms with van der Waals surface area (Å²) < 4.78 is 1.93. The first-order chi connectivity index (χ1) is 14.0. The van der Waals surface area contributed by atoms with Crippen molar-refractivity contribution in [3.05, 3.63) is 58.3 Å². The second-order valence-corrected chi connectivity index (χ2v) is 8.07. The molecule has 0 aliphatic carbocycles. The Labute approximate surface area is 182 Å². The Hall–Kier alpha value is -2.04. The van der Waals surface area contributed by atoms with Gasteiger partial charge in [-0.15, -0.1) is 0 Å². The maximum Gasteiger partial charge on any atom is 0.228 e. The second kappa shape index (κ2) is 10.1. The minimum Gasteiger partial charge on any atom is -0.342 e. The molecule has 0 saturated heterocycles. The summed E-state index contributed by atoms with van der Waals surface area (Å²) >= 11 is 12.4. The van der Waals surface area contributed by atoms with Crippen LogP contribution >= 0.6 is 23.2 Å². The van der Waals surface area contributed by atoms with Crippen molar-refractivity contribution in [1.29, 1.82) is 0 Å². The third-order valence-corrected chi connectivity index (χ3v) is 5.60. The van der Waals surface area contributed by atoms with Gasteiger partial charge >= 0.3 is 0 Å². The van der Waals surface area contributed by atoms with Crippen LogP contribution in [0.3, 0.4) is 0 Å². The van der Waals surface area contributed by atoms with Crippen LogP contribution in [0.5, 0.6) is 0 Å². The number of pyridine rings is 1. The van der Waals surface area contributed by atoms with E-state index in [1.54, 1.807) is 0 Å². The summed E-state index contributed by atoms with van der Waals surface area (Å²) in [5.41, 5.74) is 3.21. The van der Waals surface area contributed by atoms with Crippen LogP contribution in [0.25, 0.3) is 16.9 Å². The minimum absolute atomic E-state index is 0.129. The number of aromatic nitrogens is 2. The lowest BCUT2D eigenvalue weighted by Gasteiger charge is -2.22. The van der Waals surface area contributed by atoms with E-state index in [0.717, 1.165) is 55.7 Å². The average Bonchev–Trinajstić information content (AvgIpc) is 3.08. The molecule has 0 N–H and O–H groups in total. The highest BCUT2D eigenvalue weighted by Gasteiger charge is 2.21. The molecule has 6 heteroatoms. The third-order valence-electron chi connectivity index (χ3n) is 5.05. The highest BCUT2D eigenvalue weighted by atomic mass is 35.5. The molecule has 1 amide bonds. The average molecular weight is 432 g/mol. The molecule has 2 aromatic heterocycles. The SMILES string of the molecule is CCCCN(CCCC)C(=O)Cc1c(-c2ccc(Cl)cc2)nc2c(Cl)cccn12. The number of halogens is 2. The van der Waals surface area contributed by atoms with Crippen LogP contribution in [0, 0.1) is 0 Å². The van der Waals surface area contributed by atoms with E-state index in [1.165, 1.54) is 0 Å². The van der Waals surface area contributed by atoms with Crippen LogP contribution in [0.4, 0.5) is 0 Å². The fraction of sp³-hybridized carbons (Fsp3) is 0.391. The molecule has 0 spiro atoms. The molecule has 0 fully saturated rings. The lowest BCUT2D eigenvalue weighted by molar-refractivity contribution is -0.130.